The molecule has 106 valence electrons. The average Bonchev–Trinajstić information content (AvgIpc) is 2.90. The van der Waals surface area contributed by atoms with Crippen LogP contribution in [0.3, 0.4) is 0 Å². The number of benzene rings is 1. The molecule has 1 aliphatic heterocycles. The van der Waals surface area contributed by atoms with Gasteiger partial charge < -0.3 is 4.74 Å². The summed E-state index contributed by atoms with van der Waals surface area (Å²) in [5, 5.41) is 7.35. The van der Waals surface area contributed by atoms with Gasteiger partial charge in [-0.15, -0.1) is 0 Å². The number of fused-ring (bicyclic) bond motifs is 2. The number of nitrogens with one attached hydrogen (secondary N) is 1. The van der Waals surface area contributed by atoms with E-state index in [4.69, 9.17) is 4.74 Å². The van der Waals surface area contributed by atoms with Crippen molar-refractivity contribution < 1.29 is 13.5 Å². The summed E-state index contributed by atoms with van der Waals surface area (Å²) >= 11 is 0. The highest BCUT2D eigenvalue weighted by atomic mass is 19.2. The molecule has 0 saturated carbocycles. The van der Waals surface area contributed by atoms with Crippen molar-refractivity contribution in [1.29, 1.82) is 0 Å². The highest BCUT2D eigenvalue weighted by Crippen LogP contribution is 2.28. The maximum atomic E-state index is 13.4. The Labute approximate surface area is 118 Å². The minimum absolute atomic E-state index is 0.444. The minimum atomic E-state index is -0.899. The number of ether oxygens (including phenoxy) is 1. The number of H-pyrrole nitrogens is 1. The monoisotopic (exact) mass is 287 g/mol. The summed E-state index contributed by atoms with van der Waals surface area (Å²) in [6.07, 6.45) is 0.837. The molecule has 0 spiro atoms. The van der Waals surface area contributed by atoms with E-state index in [9.17, 15) is 8.78 Å². The highest BCUT2D eigenvalue weighted by Gasteiger charge is 2.16. The molecule has 0 radical (unpaired) electrons. The number of pyridine rings is 1. The Balaban J connectivity index is 1.88. The largest absolute Gasteiger partial charge is 0.375 e. The highest BCUT2D eigenvalue weighted by molar-refractivity contribution is 5.92. The van der Waals surface area contributed by atoms with Crippen molar-refractivity contribution >= 4 is 10.9 Å². The summed E-state index contributed by atoms with van der Waals surface area (Å²) in [6, 6.07) is 6.07. The number of nitrogens with zero attached hydrogens (tertiary/aromatic N) is 2. The summed E-state index contributed by atoms with van der Waals surface area (Å²) in [7, 11) is 0. The van der Waals surface area contributed by atoms with Gasteiger partial charge in [-0.2, -0.15) is 5.10 Å². The fourth-order valence-electron chi connectivity index (χ4n) is 2.57. The molecular weight excluding hydrogens is 276 g/mol. The molecule has 1 aliphatic rings. The van der Waals surface area contributed by atoms with E-state index in [0.717, 1.165) is 29.8 Å². The molecule has 6 heteroatoms. The molecule has 2 aromatic heterocycles. The minimum Gasteiger partial charge on any atom is -0.375 e. The van der Waals surface area contributed by atoms with Gasteiger partial charge in [0.2, 0.25) is 0 Å². The van der Waals surface area contributed by atoms with Crippen LogP contribution in [0.5, 0.6) is 0 Å². The van der Waals surface area contributed by atoms with Crippen LogP contribution in [0.25, 0.3) is 22.3 Å². The molecule has 21 heavy (non-hydrogen) atoms. The van der Waals surface area contributed by atoms with Crippen molar-refractivity contribution in [2.75, 3.05) is 6.61 Å². The van der Waals surface area contributed by atoms with Gasteiger partial charge in [-0.3, -0.25) is 5.10 Å². The summed E-state index contributed by atoms with van der Waals surface area (Å²) in [5.74, 6) is -1.80. The van der Waals surface area contributed by atoms with Gasteiger partial charge >= 0.3 is 0 Å². The summed E-state index contributed by atoms with van der Waals surface area (Å²) < 4.78 is 32.1. The predicted molar refractivity (Wildman–Crippen MR) is 72.6 cm³/mol. The second-order valence-electron chi connectivity index (χ2n) is 4.99. The van der Waals surface area contributed by atoms with E-state index in [0.29, 0.717) is 35.5 Å². The smallest absolute Gasteiger partial charge is 0.160 e. The molecule has 0 aliphatic carbocycles. The summed E-state index contributed by atoms with van der Waals surface area (Å²) in [6.45, 7) is 1.17. The second kappa shape index (κ2) is 4.60. The molecule has 0 unspecified atom stereocenters. The van der Waals surface area contributed by atoms with Gasteiger partial charge in [0.1, 0.15) is 5.69 Å². The lowest BCUT2D eigenvalue weighted by atomic mass is 10.1. The zero-order valence-corrected chi connectivity index (χ0v) is 11.0. The molecule has 1 aromatic carbocycles. The molecule has 3 heterocycles. The van der Waals surface area contributed by atoms with E-state index < -0.39 is 11.6 Å². The fourth-order valence-corrected chi connectivity index (χ4v) is 2.57. The predicted octanol–water partition coefficient (Wildman–Crippen LogP) is 2.98. The molecule has 0 bridgehead atoms. The van der Waals surface area contributed by atoms with Crippen molar-refractivity contribution in [1.82, 2.24) is 15.2 Å². The average molecular weight is 287 g/mol. The van der Waals surface area contributed by atoms with Gasteiger partial charge in [0, 0.05) is 11.5 Å². The van der Waals surface area contributed by atoms with Gasteiger partial charge in [0.25, 0.3) is 0 Å². The van der Waals surface area contributed by atoms with Gasteiger partial charge in [-0.1, -0.05) is 6.07 Å². The van der Waals surface area contributed by atoms with Crippen molar-refractivity contribution in [3.63, 3.8) is 0 Å². The molecule has 3 aromatic rings. The third-order valence-corrected chi connectivity index (χ3v) is 3.67. The van der Waals surface area contributed by atoms with E-state index in [1.54, 1.807) is 0 Å². The molecule has 0 fully saturated rings. The SMILES string of the molecule is Fc1cc2[nH]nc(-c3ccc4c(n3)COCC4)c2cc1F. The van der Waals surface area contributed by atoms with Crippen LogP contribution in [0.1, 0.15) is 11.3 Å². The van der Waals surface area contributed by atoms with E-state index in [-0.39, 0.29) is 0 Å². The van der Waals surface area contributed by atoms with Crippen LogP contribution in [-0.4, -0.2) is 21.8 Å². The molecule has 0 atom stereocenters. The van der Waals surface area contributed by atoms with Crippen LogP contribution in [-0.2, 0) is 17.8 Å². The molecular formula is C15H11F2N3O. The van der Waals surface area contributed by atoms with Crippen LogP contribution >= 0.6 is 0 Å². The first-order valence-electron chi connectivity index (χ1n) is 6.62. The maximum Gasteiger partial charge on any atom is 0.160 e. The first-order chi connectivity index (χ1) is 10.2. The summed E-state index contributed by atoms with van der Waals surface area (Å²) in [4.78, 5) is 4.53. The standard InChI is InChI=1S/C15H11F2N3O/c16-10-5-9-13(6-11(10)17)19-20-15(9)12-2-1-8-3-4-21-7-14(8)18-12/h1-2,5-6H,3-4,7H2,(H,19,20). The number of aromatic nitrogens is 3. The van der Waals surface area contributed by atoms with E-state index in [1.807, 2.05) is 12.1 Å². The number of hydrogen-bond donors (Lipinski definition) is 1. The zero-order valence-electron chi connectivity index (χ0n) is 11.0. The van der Waals surface area contributed by atoms with Gasteiger partial charge in [-0.25, -0.2) is 13.8 Å². The van der Waals surface area contributed by atoms with Crippen molar-refractivity contribution in [3.05, 3.63) is 47.2 Å². The number of hydrogen-bond acceptors (Lipinski definition) is 3. The van der Waals surface area contributed by atoms with E-state index in [2.05, 4.69) is 15.2 Å². The van der Waals surface area contributed by atoms with Crippen LogP contribution in [0.15, 0.2) is 24.3 Å². The zero-order chi connectivity index (χ0) is 14.4. The lowest BCUT2D eigenvalue weighted by molar-refractivity contribution is 0.107. The molecule has 0 saturated heterocycles. The lowest BCUT2D eigenvalue weighted by Gasteiger charge is -2.15. The van der Waals surface area contributed by atoms with Crippen LogP contribution in [0.2, 0.25) is 0 Å². The maximum absolute atomic E-state index is 13.4. The molecule has 4 rings (SSSR count). The lowest BCUT2D eigenvalue weighted by Crippen LogP contribution is -2.11. The Kier molecular flexibility index (Phi) is 2.71. The Hall–Kier alpha value is -2.34. The Morgan fingerprint density at radius 2 is 2.00 bits per heavy atom. The van der Waals surface area contributed by atoms with Gasteiger partial charge in [-0.05, 0) is 24.1 Å². The Bertz CT molecular complexity index is 844. The summed E-state index contributed by atoms with van der Waals surface area (Å²) in [5.41, 5.74) is 3.60. The quantitative estimate of drug-likeness (QED) is 0.748. The number of halogens is 2. The first-order valence-corrected chi connectivity index (χ1v) is 6.62. The van der Waals surface area contributed by atoms with E-state index in [1.165, 1.54) is 0 Å². The number of aromatic amines is 1. The Morgan fingerprint density at radius 3 is 2.90 bits per heavy atom. The van der Waals surface area contributed by atoms with Gasteiger partial charge in [0.15, 0.2) is 11.6 Å². The van der Waals surface area contributed by atoms with Crippen molar-refractivity contribution in [2.45, 2.75) is 13.0 Å². The third-order valence-electron chi connectivity index (χ3n) is 3.67. The number of rotatable bonds is 1. The van der Waals surface area contributed by atoms with Crippen LogP contribution in [0, 0.1) is 11.6 Å². The molecule has 4 nitrogen and oxygen atoms in total. The molecule has 1 N–H and O–H groups in total. The third kappa shape index (κ3) is 1.99. The fraction of sp³-hybridized carbons (Fsp3) is 0.200. The van der Waals surface area contributed by atoms with Crippen LogP contribution < -0.4 is 0 Å². The first kappa shape index (κ1) is 12.4. The second-order valence-corrected chi connectivity index (χ2v) is 4.99. The van der Waals surface area contributed by atoms with E-state index >= 15 is 0 Å². The molecule has 0 amide bonds. The van der Waals surface area contributed by atoms with Gasteiger partial charge in [0.05, 0.1) is 30.1 Å². The normalized spacial score (nSPS) is 14.4. The van der Waals surface area contributed by atoms with Crippen LogP contribution in [0.4, 0.5) is 8.78 Å². The Morgan fingerprint density at radius 1 is 1.14 bits per heavy atom. The van der Waals surface area contributed by atoms with Crippen molar-refractivity contribution in [2.24, 2.45) is 0 Å². The van der Waals surface area contributed by atoms with Crippen molar-refractivity contribution in [3.8, 4) is 11.4 Å². The topological polar surface area (TPSA) is 50.8 Å².